The van der Waals surface area contributed by atoms with E-state index in [1.165, 1.54) is 39.1 Å². The molecule has 1 aromatic carbocycles. The number of carbonyl (C=O) groups is 2. The Morgan fingerprint density at radius 2 is 1.59 bits per heavy atom. The quantitative estimate of drug-likeness (QED) is 0.744. The van der Waals surface area contributed by atoms with Crippen LogP contribution in [0.15, 0.2) is 12.1 Å². The molecule has 3 N–H and O–H groups in total. The second-order valence-electron chi connectivity index (χ2n) is 6.85. The molecule has 0 bridgehead atoms. The van der Waals surface area contributed by atoms with Crippen molar-refractivity contribution < 1.29 is 23.8 Å². The summed E-state index contributed by atoms with van der Waals surface area (Å²) in [5.74, 6) is 0.281. The van der Waals surface area contributed by atoms with Crippen LogP contribution in [0.2, 0.25) is 0 Å². The summed E-state index contributed by atoms with van der Waals surface area (Å²) >= 11 is 1.44. The van der Waals surface area contributed by atoms with Crippen molar-refractivity contribution in [2.45, 2.75) is 38.5 Å². The van der Waals surface area contributed by atoms with Gasteiger partial charge in [0.05, 0.1) is 26.9 Å². The Morgan fingerprint density at radius 3 is 2.14 bits per heavy atom. The molecule has 3 rings (SSSR count). The van der Waals surface area contributed by atoms with Crippen LogP contribution in [0.5, 0.6) is 17.2 Å². The molecule has 0 fully saturated rings. The minimum Gasteiger partial charge on any atom is -0.493 e. The molecule has 2 aromatic rings. The van der Waals surface area contributed by atoms with E-state index in [1.54, 1.807) is 12.1 Å². The van der Waals surface area contributed by atoms with Crippen LogP contribution < -0.4 is 25.3 Å². The van der Waals surface area contributed by atoms with Gasteiger partial charge in [-0.05, 0) is 43.4 Å². The van der Waals surface area contributed by atoms with Crippen molar-refractivity contribution in [1.82, 2.24) is 0 Å². The first-order valence-corrected chi connectivity index (χ1v) is 10.4. The highest BCUT2D eigenvalue weighted by molar-refractivity contribution is 7.17. The second-order valence-corrected chi connectivity index (χ2v) is 7.96. The number of hydrogen-bond acceptors (Lipinski definition) is 6. The maximum Gasteiger partial charge on any atom is 0.256 e. The summed E-state index contributed by atoms with van der Waals surface area (Å²) in [6.07, 6.45) is 6.12. The van der Waals surface area contributed by atoms with Gasteiger partial charge in [-0.15, -0.1) is 11.3 Å². The highest BCUT2D eigenvalue weighted by Crippen LogP contribution is 2.40. The number of aryl methyl sites for hydroxylation is 1. The van der Waals surface area contributed by atoms with Crippen LogP contribution in [0.25, 0.3) is 0 Å². The van der Waals surface area contributed by atoms with Gasteiger partial charge in [0.25, 0.3) is 11.8 Å². The molecule has 0 aliphatic heterocycles. The Bertz CT molecular complexity index is 897. The van der Waals surface area contributed by atoms with Gasteiger partial charge in [0.15, 0.2) is 11.5 Å². The van der Waals surface area contributed by atoms with Gasteiger partial charge in [-0.2, -0.15) is 0 Å². The number of nitrogens with one attached hydrogen (secondary N) is 1. The molecule has 2 amide bonds. The summed E-state index contributed by atoms with van der Waals surface area (Å²) in [5, 5.41) is 3.38. The predicted octanol–water partition coefficient (Wildman–Crippen LogP) is 3.78. The van der Waals surface area contributed by atoms with Crippen molar-refractivity contribution in [2.24, 2.45) is 5.73 Å². The van der Waals surface area contributed by atoms with E-state index in [0.717, 1.165) is 42.5 Å². The van der Waals surface area contributed by atoms with Gasteiger partial charge in [0.2, 0.25) is 5.75 Å². The van der Waals surface area contributed by atoms with E-state index < -0.39 is 5.91 Å². The SMILES string of the molecule is COc1cc(C(=O)Nc2sc3c(c2C(N)=O)CCCCCC3)cc(OC)c1OC. The Hall–Kier alpha value is -2.74. The topological polar surface area (TPSA) is 99.9 Å². The number of ether oxygens (including phenoxy) is 3. The zero-order valence-corrected chi connectivity index (χ0v) is 17.7. The maximum atomic E-state index is 13.0. The largest absolute Gasteiger partial charge is 0.493 e. The first-order chi connectivity index (χ1) is 14.0. The Balaban J connectivity index is 1.97. The van der Waals surface area contributed by atoms with Crippen LogP contribution in [0.3, 0.4) is 0 Å². The lowest BCUT2D eigenvalue weighted by molar-refractivity contribution is 0.100. The maximum absolute atomic E-state index is 13.0. The van der Waals surface area contributed by atoms with Crippen LogP contribution in [0.4, 0.5) is 5.00 Å². The molecule has 0 atom stereocenters. The standard InChI is InChI=1S/C21H26N2O5S/c1-26-14-10-12(11-15(27-2)18(14)28-3)20(25)23-21-17(19(22)24)13-8-6-4-5-7-9-16(13)29-21/h10-11H,4-9H2,1-3H3,(H2,22,24)(H,23,25). The minimum absolute atomic E-state index is 0.329. The molecule has 0 radical (unpaired) electrons. The number of primary amides is 1. The number of rotatable bonds is 6. The van der Waals surface area contributed by atoms with Crippen LogP contribution in [-0.4, -0.2) is 33.1 Å². The molecule has 0 saturated heterocycles. The summed E-state index contributed by atoms with van der Waals surface area (Å²) < 4.78 is 15.9. The Kier molecular flexibility index (Phi) is 6.64. The van der Waals surface area contributed by atoms with Gasteiger partial charge in [-0.3, -0.25) is 9.59 Å². The molecule has 29 heavy (non-hydrogen) atoms. The number of amides is 2. The van der Waals surface area contributed by atoms with E-state index in [-0.39, 0.29) is 5.91 Å². The van der Waals surface area contributed by atoms with Crippen LogP contribution in [0.1, 0.15) is 56.8 Å². The molecule has 0 unspecified atom stereocenters. The number of anilines is 1. The average Bonchev–Trinajstić information content (AvgIpc) is 3.02. The lowest BCUT2D eigenvalue weighted by Crippen LogP contribution is -2.18. The monoisotopic (exact) mass is 418 g/mol. The zero-order valence-electron chi connectivity index (χ0n) is 16.9. The lowest BCUT2D eigenvalue weighted by Gasteiger charge is -2.14. The van der Waals surface area contributed by atoms with E-state index >= 15 is 0 Å². The Labute approximate surface area is 174 Å². The number of benzene rings is 1. The number of carbonyl (C=O) groups excluding carboxylic acids is 2. The third kappa shape index (κ3) is 4.32. The molecule has 0 spiro atoms. The molecule has 156 valence electrons. The summed E-state index contributed by atoms with van der Waals surface area (Å²) in [7, 11) is 4.48. The third-order valence-corrected chi connectivity index (χ3v) is 6.28. The van der Waals surface area contributed by atoms with Gasteiger partial charge >= 0.3 is 0 Å². The molecular formula is C21H26N2O5S. The summed E-state index contributed by atoms with van der Waals surface area (Å²) in [6.45, 7) is 0. The summed E-state index contributed by atoms with van der Waals surface area (Å²) in [6, 6.07) is 3.15. The summed E-state index contributed by atoms with van der Waals surface area (Å²) in [5.41, 5.74) is 7.43. The van der Waals surface area contributed by atoms with Gasteiger partial charge in [0.1, 0.15) is 5.00 Å². The zero-order chi connectivity index (χ0) is 21.0. The van der Waals surface area contributed by atoms with Crippen LogP contribution in [0, 0.1) is 0 Å². The molecule has 1 aromatic heterocycles. The van der Waals surface area contributed by atoms with Crippen molar-refractivity contribution in [3.8, 4) is 17.2 Å². The van der Waals surface area contributed by atoms with Crippen molar-refractivity contribution in [3.05, 3.63) is 33.7 Å². The van der Waals surface area contributed by atoms with Gasteiger partial charge in [-0.1, -0.05) is 12.8 Å². The van der Waals surface area contributed by atoms with Gasteiger partial charge in [-0.25, -0.2) is 0 Å². The van der Waals surface area contributed by atoms with E-state index in [0.29, 0.717) is 33.4 Å². The van der Waals surface area contributed by atoms with Crippen molar-refractivity contribution in [1.29, 1.82) is 0 Å². The number of nitrogens with two attached hydrogens (primary N) is 1. The molecule has 0 saturated carbocycles. The first kappa shape index (κ1) is 21.0. The molecule has 1 aliphatic carbocycles. The number of methoxy groups -OCH3 is 3. The number of hydrogen-bond donors (Lipinski definition) is 2. The van der Waals surface area contributed by atoms with E-state index in [9.17, 15) is 9.59 Å². The van der Waals surface area contributed by atoms with Gasteiger partial charge in [0, 0.05) is 10.4 Å². The number of thiophene rings is 1. The number of fused-ring (bicyclic) bond motifs is 1. The highest BCUT2D eigenvalue weighted by atomic mass is 32.1. The first-order valence-electron chi connectivity index (χ1n) is 9.55. The minimum atomic E-state index is -0.511. The van der Waals surface area contributed by atoms with Crippen LogP contribution >= 0.6 is 11.3 Å². The normalized spacial score (nSPS) is 13.6. The lowest BCUT2D eigenvalue weighted by atomic mass is 9.96. The van der Waals surface area contributed by atoms with Gasteiger partial charge < -0.3 is 25.3 Å². The average molecular weight is 419 g/mol. The molecule has 8 heteroatoms. The Morgan fingerprint density at radius 1 is 0.966 bits per heavy atom. The van der Waals surface area contributed by atoms with Crippen molar-refractivity contribution in [3.63, 3.8) is 0 Å². The molecule has 7 nitrogen and oxygen atoms in total. The van der Waals surface area contributed by atoms with Crippen molar-refractivity contribution in [2.75, 3.05) is 26.6 Å². The fourth-order valence-corrected chi connectivity index (χ4v) is 4.95. The van der Waals surface area contributed by atoms with Crippen LogP contribution in [-0.2, 0) is 12.8 Å². The fraction of sp³-hybridized carbons (Fsp3) is 0.429. The molecular weight excluding hydrogens is 392 g/mol. The second kappa shape index (κ2) is 9.17. The summed E-state index contributed by atoms with van der Waals surface area (Å²) in [4.78, 5) is 26.3. The van der Waals surface area contributed by atoms with E-state index in [2.05, 4.69) is 5.32 Å². The van der Waals surface area contributed by atoms with Crippen molar-refractivity contribution >= 4 is 28.2 Å². The predicted molar refractivity (Wildman–Crippen MR) is 113 cm³/mol. The molecule has 1 heterocycles. The fourth-order valence-electron chi connectivity index (χ4n) is 3.66. The third-order valence-electron chi connectivity index (χ3n) is 5.07. The van der Waals surface area contributed by atoms with E-state index in [4.69, 9.17) is 19.9 Å². The highest BCUT2D eigenvalue weighted by Gasteiger charge is 2.25. The molecule has 1 aliphatic rings. The smallest absolute Gasteiger partial charge is 0.256 e. The van der Waals surface area contributed by atoms with E-state index in [1.807, 2.05) is 0 Å².